The topological polar surface area (TPSA) is 84.9 Å². The molecule has 2 rings (SSSR count). The zero-order chi connectivity index (χ0) is 19.1. The Morgan fingerprint density at radius 2 is 1.81 bits per heavy atom. The summed E-state index contributed by atoms with van der Waals surface area (Å²) in [4.78, 5) is 23.3. The molecule has 0 fully saturated rings. The number of methoxy groups -OCH3 is 1. The first-order valence-corrected chi connectivity index (χ1v) is 8.32. The van der Waals surface area contributed by atoms with Crippen LogP contribution in [0, 0.1) is 5.92 Å². The molecular weight excluding hydrogens is 334 g/mol. The summed E-state index contributed by atoms with van der Waals surface area (Å²) in [5.74, 6) is 0.180. The van der Waals surface area contributed by atoms with Crippen molar-refractivity contribution in [1.82, 2.24) is 0 Å². The van der Waals surface area contributed by atoms with E-state index < -0.39 is 5.97 Å². The number of anilines is 1. The van der Waals surface area contributed by atoms with Crippen molar-refractivity contribution in [3.63, 3.8) is 0 Å². The Kier molecular flexibility index (Phi) is 6.60. The highest BCUT2D eigenvalue weighted by atomic mass is 16.5. The summed E-state index contributed by atoms with van der Waals surface area (Å²) in [6.45, 7) is 4.54. The van der Waals surface area contributed by atoms with Crippen molar-refractivity contribution in [2.75, 3.05) is 19.0 Å². The Morgan fingerprint density at radius 3 is 2.38 bits per heavy atom. The first kappa shape index (κ1) is 19.3. The van der Waals surface area contributed by atoms with Crippen LogP contribution in [0.1, 0.15) is 29.8 Å². The van der Waals surface area contributed by atoms with Gasteiger partial charge in [0.15, 0.2) is 0 Å². The lowest BCUT2D eigenvalue weighted by atomic mass is 10.1. The van der Waals surface area contributed by atoms with Gasteiger partial charge < -0.3 is 19.9 Å². The number of nitrogens with one attached hydrogen (secondary N) is 1. The molecule has 0 radical (unpaired) electrons. The predicted octanol–water partition coefficient (Wildman–Crippen LogP) is 3.61. The van der Waals surface area contributed by atoms with E-state index in [2.05, 4.69) is 5.32 Å². The molecule has 6 nitrogen and oxygen atoms in total. The SMILES string of the molecule is COc1ccc(C(=O)Nc2ccc(CC(=O)O)cc2)c(OCC(C)C)c1. The number of carbonyl (C=O) groups excluding carboxylic acids is 1. The van der Waals surface area contributed by atoms with Crippen LogP contribution in [0.25, 0.3) is 0 Å². The Labute approximate surface area is 152 Å². The number of aliphatic carboxylic acids is 1. The molecule has 2 N–H and O–H groups in total. The van der Waals surface area contributed by atoms with E-state index in [1.807, 2.05) is 13.8 Å². The molecule has 26 heavy (non-hydrogen) atoms. The summed E-state index contributed by atoms with van der Waals surface area (Å²) in [7, 11) is 1.56. The molecule has 0 saturated carbocycles. The third-order valence-corrected chi connectivity index (χ3v) is 3.57. The summed E-state index contributed by atoms with van der Waals surface area (Å²) in [6, 6.07) is 11.7. The van der Waals surface area contributed by atoms with Crippen molar-refractivity contribution in [3.05, 3.63) is 53.6 Å². The van der Waals surface area contributed by atoms with Crippen molar-refractivity contribution in [1.29, 1.82) is 0 Å². The maximum absolute atomic E-state index is 12.6. The monoisotopic (exact) mass is 357 g/mol. The summed E-state index contributed by atoms with van der Waals surface area (Å²) < 4.78 is 11.0. The van der Waals surface area contributed by atoms with Crippen molar-refractivity contribution in [3.8, 4) is 11.5 Å². The van der Waals surface area contributed by atoms with Crippen LogP contribution in [0.5, 0.6) is 11.5 Å². The number of carboxylic acids is 1. The number of rotatable bonds is 8. The molecule has 6 heteroatoms. The van der Waals surface area contributed by atoms with E-state index in [0.717, 1.165) is 0 Å². The summed E-state index contributed by atoms with van der Waals surface area (Å²) in [6.07, 6.45) is -0.0557. The molecule has 2 aromatic carbocycles. The van der Waals surface area contributed by atoms with Crippen LogP contribution in [0.2, 0.25) is 0 Å². The van der Waals surface area contributed by atoms with Gasteiger partial charge in [0.1, 0.15) is 11.5 Å². The molecule has 0 saturated heterocycles. The Balaban J connectivity index is 2.16. The summed E-state index contributed by atoms with van der Waals surface area (Å²) >= 11 is 0. The van der Waals surface area contributed by atoms with Gasteiger partial charge in [0, 0.05) is 11.8 Å². The van der Waals surface area contributed by atoms with Crippen LogP contribution >= 0.6 is 0 Å². The number of benzene rings is 2. The molecule has 0 bridgehead atoms. The quantitative estimate of drug-likeness (QED) is 0.754. The highest BCUT2D eigenvalue weighted by Gasteiger charge is 2.15. The average Bonchev–Trinajstić information content (AvgIpc) is 2.60. The maximum atomic E-state index is 12.6. The lowest BCUT2D eigenvalue weighted by molar-refractivity contribution is -0.136. The molecule has 0 aliphatic carbocycles. The third-order valence-electron chi connectivity index (χ3n) is 3.57. The van der Waals surface area contributed by atoms with Gasteiger partial charge in [-0.05, 0) is 35.7 Å². The fraction of sp³-hybridized carbons (Fsp3) is 0.300. The number of hydrogen-bond donors (Lipinski definition) is 2. The fourth-order valence-electron chi connectivity index (χ4n) is 2.27. The standard InChI is InChI=1S/C20H23NO5/c1-13(2)12-26-18-11-16(25-3)8-9-17(18)20(24)21-15-6-4-14(5-7-15)10-19(22)23/h4-9,11,13H,10,12H2,1-3H3,(H,21,24)(H,22,23). The number of carbonyl (C=O) groups is 2. The van der Waals surface area contributed by atoms with Gasteiger partial charge in [-0.3, -0.25) is 9.59 Å². The zero-order valence-electron chi connectivity index (χ0n) is 15.1. The van der Waals surface area contributed by atoms with Crippen LogP contribution in [0.4, 0.5) is 5.69 Å². The molecule has 0 unspecified atom stereocenters. The summed E-state index contributed by atoms with van der Waals surface area (Å²) in [5.41, 5.74) is 1.65. The zero-order valence-corrected chi connectivity index (χ0v) is 15.1. The highest BCUT2D eigenvalue weighted by Crippen LogP contribution is 2.26. The predicted molar refractivity (Wildman–Crippen MR) is 99.1 cm³/mol. The van der Waals surface area contributed by atoms with E-state index in [0.29, 0.717) is 40.8 Å². The smallest absolute Gasteiger partial charge is 0.307 e. The minimum Gasteiger partial charge on any atom is -0.497 e. The highest BCUT2D eigenvalue weighted by molar-refractivity contribution is 6.06. The van der Waals surface area contributed by atoms with Crippen LogP contribution in [0.15, 0.2) is 42.5 Å². The molecule has 2 aromatic rings. The second-order valence-electron chi connectivity index (χ2n) is 6.29. The molecule has 0 aliphatic heterocycles. The van der Waals surface area contributed by atoms with Gasteiger partial charge in [0.05, 0.1) is 25.7 Å². The van der Waals surface area contributed by atoms with Gasteiger partial charge in [-0.25, -0.2) is 0 Å². The van der Waals surface area contributed by atoms with Gasteiger partial charge in [-0.15, -0.1) is 0 Å². The van der Waals surface area contributed by atoms with Gasteiger partial charge in [-0.1, -0.05) is 26.0 Å². The van der Waals surface area contributed by atoms with Crippen LogP contribution in [-0.2, 0) is 11.2 Å². The van der Waals surface area contributed by atoms with E-state index in [1.54, 1.807) is 49.6 Å². The average molecular weight is 357 g/mol. The normalized spacial score (nSPS) is 10.5. The molecule has 1 amide bonds. The van der Waals surface area contributed by atoms with Crippen LogP contribution in [-0.4, -0.2) is 30.7 Å². The molecule has 0 aliphatic rings. The van der Waals surface area contributed by atoms with Crippen molar-refractivity contribution >= 4 is 17.6 Å². The van der Waals surface area contributed by atoms with Gasteiger partial charge in [0.2, 0.25) is 0 Å². The molecule has 0 spiro atoms. The minimum atomic E-state index is -0.896. The first-order chi connectivity index (χ1) is 12.4. The fourth-order valence-corrected chi connectivity index (χ4v) is 2.27. The second-order valence-corrected chi connectivity index (χ2v) is 6.29. The molecule has 0 atom stereocenters. The Morgan fingerprint density at radius 1 is 1.12 bits per heavy atom. The summed E-state index contributed by atoms with van der Waals surface area (Å²) in [5, 5.41) is 11.6. The molecule has 138 valence electrons. The number of amides is 1. The van der Waals surface area contributed by atoms with Crippen LogP contribution in [0.3, 0.4) is 0 Å². The Bertz CT molecular complexity index is 768. The van der Waals surface area contributed by atoms with E-state index in [1.165, 1.54) is 0 Å². The Hall–Kier alpha value is -3.02. The van der Waals surface area contributed by atoms with Crippen molar-refractivity contribution < 1.29 is 24.2 Å². The van der Waals surface area contributed by atoms with E-state index in [-0.39, 0.29) is 12.3 Å². The van der Waals surface area contributed by atoms with E-state index in [9.17, 15) is 9.59 Å². The van der Waals surface area contributed by atoms with Crippen molar-refractivity contribution in [2.24, 2.45) is 5.92 Å². The van der Waals surface area contributed by atoms with Gasteiger partial charge in [-0.2, -0.15) is 0 Å². The first-order valence-electron chi connectivity index (χ1n) is 8.32. The third kappa shape index (κ3) is 5.51. The number of carboxylic acid groups (broad SMARTS) is 1. The largest absolute Gasteiger partial charge is 0.497 e. The van der Waals surface area contributed by atoms with E-state index in [4.69, 9.17) is 14.6 Å². The van der Waals surface area contributed by atoms with Crippen molar-refractivity contribution in [2.45, 2.75) is 20.3 Å². The molecular formula is C20H23NO5. The molecule has 0 heterocycles. The lowest BCUT2D eigenvalue weighted by Gasteiger charge is -2.14. The lowest BCUT2D eigenvalue weighted by Crippen LogP contribution is -2.15. The molecule has 0 aromatic heterocycles. The minimum absolute atomic E-state index is 0.0557. The number of hydrogen-bond acceptors (Lipinski definition) is 4. The van der Waals surface area contributed by atoms with Gasteiger partial charge >= 0.3 is 5.97 Å². The van der Waals surface area contributed by atoms with Gasteiger partial charge in [0.25, 0.3) is 5.91 Å². The van der Waals surface area contributed by atoms with E-state index >= 15 is 0 Å². The van der Waals surface area contributed by atoms with Crippen LogP contribution < -0.4 is 14.8 Å². The second kappa shape index (κ2) is 8.89. The number of ether oxygens (including phenoxy) is 2. The maximum Gasteiger partial charge on any atom is 0.307 e.